The van der Waals surface area contributed by atoms with Crippen LogP contribution < -0.4 is 10.5 Å². The van der Waals surface area contributed by atoms with Gasteiger partial charge in [-0.25, -0.2) is 9.97 Å². The third-order valence-electron chi connectivity index (χ3n) is 4.97. The lowest BCUT2D eigenvalue weighted by Gasteiger charge is -2.30. The largest absolute Gasteiger partial charge is 0.485 e. The van der Waals surface area contributed by atoms with Crippen LogP contribution in [0.3, 0.4) is 0 Å². The zero-order chi connectivity index (χ0) is 19.6. The molecule has 0 unspecified atom stereocenters. The summed E-state index contributed by atoms with van der Waals surface area (Å²) in [5.41, 5.74) is 7.87. The number of nitrogens with zero attached hydrogens (tertiary/aromatic N) is 3. The van der Waals surface area contributed by atoms with Crippen molar-refractivity contribution in [3.63, 3.8) is 0 Å². The first kappa shape index (κ1) is 18.8. The van der Waals surface area contributed by atoms with Gasteiger partial charge in [0.15, 0.2) is 17.4 Å². The molecule has 7 nitrogen and oxygen atoms in total. The van der Waals surface area contributed by atoms with Gasteiger partial charge >= 0.3 is 0 Å². The Morgan fingerprint density at radius 2 is 1.89 bits per heavy atom. The Morgan fingerprint density at radius 1 is 1.14 bits per heavy atom. The van der Waals surface area contributed by atoms with Gasteiger partial charge in [-0.1, -0.05) is 0 Å². The van der Waals surface area contributed by atoms with Crippen LogP contribution in [0.4, 0.5) is 5.82 Å². The number of nitrogen functional groups attached to an aromatic ring is 1. The van der Waals surface area contributed by atoms with Crippen LogP contribution in [0.15, 0.2) is 43.0 Å². The van der Waals surface area contributed by atoms with E-state index in [-0.39, 0.29) is 5.92 Å². The van der Waals surface area contributed by atoms with Crippen LogP contribution in [0.25, 0.3) is 10.4 Å². The van der Waals surface area contributed by atoms with Crippen molar-refractivity contribution < 1.29 is 14.9 Å². The monoisotopic (exact) mass is 398 g/mol. The van der Waals surface area contributed by atoms with Crippen molar-refractivity contribution in [3.05, 3.63) is 53.6 Å². The lowest BCUT2D eigenvalue weighted by molar-refractivity contribution is -0.182. The zero-order valence-corrected chi connectivity index (χ0v) is 16.1. The van der Waals surface area contributed by atoms with Gasteiger partial charge < -0.3 is 20.7 Å². The molecule has 0 spiro atoms. The Kier molecular flexibility index (Phi) is 5.25. The first-order chi connectivity index (χ1) is 13.5. The molecule has 146 valence electrons. The summed E-state index contributed by atoms with van der Waals surface area (Å²) < 4.78 is 5.84. The summed E-state index contributed by atoms with van der Waals surface area (Å²) in [4.78, 5) is 13.8. The molecule has 1 aliphatic carbocycles. The second-order valence-corrected chi connectivity index (χ2v) is 8.13. The van der Waals surface area contributed by atoms with Gasteiger partial charge in [0, 0.05) is 49.1 Å². The lowest BCUT2D eigenvalue weighted by atomic mass is 9.86. The molecular formula is C20H22N4O3S. The van der Waals surface area contributed by atoms with Gasteiger partial charge in [-0.05, 0) is 36.6 Å². The predicted molar refractivity (Wildman–Crippen MR) is 107 cm³/mol. The zero-order valence-electron chi connectivity index (χ0n) is 15.3. The van der Waals surface area contributed by atoms with Crippen LogP contribution in [0.2, 0.25) is 0 Å². The summed E-state index contributed by atoms with van der Waals surface area (Å²) in [6.45, 7) is 0.387. The minimum atomic E-state index is -1.53. The summed E-state index contributed by atoms with van der Waals surface area (Å²) in [7, 11) is 0. The van der Waals surface area contributed by atoms with Gasteiger partial charge in [-0.2, -0.15) is 0 Å². The molecular weight excluding hydrogens is 376 g/mol. The molecule has 1 aliphatic rings. The van der Waals surface area contributed by atoms with E-state index in [1.165, 1.54) is 0 Å². The minimum absolute atomic E-state index is 0.260. The highest BCUT2D eigenvalue weighted by Gasteiger charge is 2.32. The van der Waals surface area contributed by atoms with E-state index in [0.717, 1.165) is 33.9 Å². The number of thiazole rings is 1. The Labute approximate surface area is 166 Å². The molecule has 0 radical (unpaired) electrons. The highest BCUT2D eigenvalue weighted by Crippen LogP contribution is 2.40. The summed E-state index contributed by atoms with van der Waals surface area (Å²) in [6, 6.07) is 5.66. The molecule has 3 heterocycles. The van der Waals surface area contributed by atoms with Gasteiger partial charge in [-0.3, -0.25) is 4.98 Å². The Hall–Kier alpha value is -2.55. The number of pyridine rings is 2. The summed E-state index contributed by atoms with van der Waals surface area (Å²) in [5, 5.41) is 20.4. The lowest BCUT2D eigenvalue weighted by Crippen LogP contribution is -2.32. The molecule has 0 aliphatic heterocycles. The van der Waals surface area contributed by atoms with E-state index in [1.807, 2.05) is 24.4 Å². The quantitative estimate of drug-likeness (QED) is 0.566. The molecule has 3 aromatic heterocycles. The van der Waals surface area contributed by atoms with E-state index < -0.39 is 5.79 Å². The van der Waals surface area contributed by atoms with Crippen molar-refractivity contribution in [2.75, 3.05) is 5.73 Å². The van der Waals surface area contributed by atoms with E-state index in [9.17, 15) is 10.2 Å². The fourth-order valence-corrected chi connectivity index (χ4v) is 4.35. The summed E-state index contributed by atoms with van der Waals surface area (Å²) in [6.07, 6.45) is 9.20. The van der Waals surface area contributed by atoms with Gasteiger partial charge in [0.1, 0.15) is 6.61 Å². The Bertz CT molecular complexity index is 936. The second-order valence-electron chi connectivity index (χ2n) is 7.07. The molecule has 4 rings (SSSR count). The van der Waals surface area contributed by atoms with Crippen LogP contribution in [0.1, 0.15) is 42.2 Å². The highest BCUT2D eigenvalue weighted by molar-refractivity contribution is 7.15. The van der Waals surface area contributed by atoms with E-state index in [1.54, 1.807) is 29.9 Å². The SMILES string of the molecule is Nc1ncc(-c2cnc(C3CCC(O)(O)CC3)s2)cc1OCc1ccncc1. The maximum absolute atomic E-state index is 9.71. The molecule has 1 saturated carbocycles. The number of aliphatic hydroxyl groups is 2. The second kappa shape index (κ2) is 7.83. The van der Waals surface area contributed by atoms with Crippen LogP contribution in [-0.2, 0) is 6.61 Å². The maximum atomic E-state index is 9.71. The van der Waals surface area contributed by atoms with Crippen molar-refractivity contribution >= 4 is 17.2 Å². The number of rotatable bonds is 5. The van der Waals surface area contributed by atoms with Gasteiger partial charge in [0.2, 0.25) is 0 Å². The molecule has 0 saturated heterocycles. The number of anilines is 1. The van der Waals surface area contributed by atoms with E-state index in [2.05, 4.69) is 15.0 Å². The van der Waals surface area contributed by atoms with Crippen LogP contribution >= 0.6 is 11.3 Å². The van der Waals surface area contributed by atoms with Crippen molar-refractivity contribution in [2.45, 2.75) is 44.0 Å². The highest BCUT2D eigenvalue weighted by atomic mass is 32.1. The van der Waals surface area contributed by atoms with Crippen molar-refractivity contribution in [1.82, 2.24) is 15.0 Å². The number of nitrogens with two attached hydrogens (primary N) is 1. The number of hydrogen-bond acceptors (Lipinski definition) is 8. The van der Waals surface area contributed by atoms with Crippen molar-refractivity contribution in [3.8, 4) is 16.2 Å². The van der Waals surface area contributed by atoms with Crippen molar-refractivity contribution in [1.29, 1.82) is 0 Å². The standard InChI is InChI=1S/C20H22N4O3S/c21-18-16(27-12-13-3-7-22-8-4-13)9-15(10-23-18)17-11-24-19(28-17)14-1-5-20(25,26)6-2-14/h3-4,7-11,14,25-26H,1-2,5-6,12H2,(H2,21,23). The number of hydrogen-bond donors (Lipinski definition) is 3. The smallest absolute Gasteiger partial charge is 0.166 e. The average Bonchev–Trinajstić information content (AvgIpc) is 3.18. The minimum Gasteiger partial charge on any atom is -0.485 e. The fraction of sp³-hybridized carbons (Fsp3) is 0.350. The molecule has 8 heteroatoms. The molecule has 0 amide bonds. The van der Waals surface area contributed by atoms with Crippen LogP contribution in [-0.4, -0.2) is 31.0 Å². The molecule has 0 atom stereocenters. The number of ether oxygens (including phenoxy) is 1. The van der Waals surface area contributed by atoms with Gasteiger partial charge in [0.05, 0.1) is 9.88 Å². The Morgan fingerprint density at radius 3 is 2.64 bits per heavy atom. The molecule has 3 aromatic rings. The predicted octanol–water partition coefficient (Wildman–Crippen LogP) is 3.10. The first-order valence-electron chi connectivity index (χ1n) is 9.18. The normalized spacial score (nSPS) is 16.8. The third-order valence-corrected chi connectivity index (χ3v) is 6.18. The average molecular weight is 398 g/mol. The van der Waals surface area contributed by atoms with E-state index in [4.69, 9.17) is 10.5 Å². The Balaban J connectivity index is 1.48. The van der Waals surface area contributed by atoms with Gasteiger partial charge in [0.25, 0.3) is 0 Å². The fourth-order valence-electron chi connectivity index (χ4n) is 3.28. The topological polar surface area (TPSA) is 114 Å². The number of aromatic nitrogens is 3. The van der Waals surface area contributed by atoms with Crippen molar-refractivity contribution in [2.24, 2.45) is 0 Å². The van der Waals surface area contributed by atoms with Gasteiger partial charge in [-0.15, -0.1) is 11.3 Å². The third kappa shape index (κ3) is 4.30. The van der Waals surface area contributed by atoms with Crippen LogP contribution in [0, 0.1) is 0 Å². The molecule has 4 N–H and O–H groups in total. The summed E-state index contributed by atoms with van der Waals surface area (Å²) in [5.74, 6) is -0.391. The molecule has 28 heavy (non-hydrogen) atoms. The maximum Gasteiger partial charge on any atom is 0.166 e. The van der Waals surface area contributed by atoms with E-state index >= 15 is 0 Å². The summed E-state index contributed by atoms with van der Waals surface area (Å²) >= 11 is 1.60. The van der Waals surface area contributed by atoms with E-state index in [0.29, 0.717) is 31.0 Å². The molecule has 0 bridgehead atoms. The van der Waals surface area contributed by atoms with Crippen LogP contribution in [0.5, 0.6) is 5.75 Å². The first-order valence-corrected chi connectivity index (χ1v) is 10.00. The molecule has 1 fully saturated rings. The molecule has 0 aromatic carbocycles.